The van der Waals surface area contributed by atoms with Gasteiger partial charge in [0.1, 0.15) is 29.9 Å². The molecule has 1 heterocycles. The van der Waals surface area contributed by atoms with Crippen LogP contribution < -0.4 is 21.3 Å². The Morgan fingerprint density at radius 1 is 0.541 bits per heavy atom. The third kappa shape index (κ3) is 13.1. The van der Waals surface area contributed by atoms with Crippen LogP contribution in [0.2, 0.25) is 0 Å². The maximum atomic E-state index is 14.6. The fourth-order valence-electron chi connectivity index (χ4n) is 9.24. The molecule has 0 spiro atoms. The topological polar surface area (TPSA) is 143 Å². The number of carbonyl (C=O) groups is 5. The van der Waals surface area contributed by atoms with Gasteiger partial charge in [-0.05, 0) is 70.4 Å². The molecule has 0 aliphatic carbocycles. The lowest BCUT2D eigenvalue weighted by Gasteiger charge is -2.36. The lowest BCUT2D eigenvalue weighted by Crippen LogP contribution is -2.57. The molecule has 0 radical (unpaired) electrons. The lowest BCUT2D eigenvalue weighted by molar-refractivity contribution is -0.153. The lowest BCUT2D eigenvalue weighted by atomic mass is 9.84. The number of allylic oxidation sites excluding steroid dienone is 2. The quantitative estimate of drug-likeness (QED) is 0.0247. The fraction of sp³-hybridized carbons (Fsp3) is 0.274. The van der Waals surface area contributed by atoms with Crippen LogP contribution in [0.25, 0.3) is 0 Å². The third-order valence-corrected chi connectivity index (χ3v) is 16.3. The van der Waals surface area contributed by atoms with Crippen molar-refractivity contribution in [2.45, 2.75) is 81.2 Å². The Hall–Kier alpha value is -7.15. The van der Waals surface area contributed by atoms with Gasteiger partial charge in [0, 0.05) is 5.75 Å². The molecule has 4 atom stereocenters. The number of ether oxygens (including phenoxy) is 1. The molecule has 0 saturated carbocycles. The molecule has 3 unspecified atom stereocenters. The maximum absolute atomic E-state index is 14.6. The smallest absolute Gasteiger partial charge is 0.329 e. The van der Waals surface area contributed by atoms with Gasteiger partial charge in [0.05, 0.1) is 15.9 Å². The number of rotatable bonds is 16. The summed E-state index contributed by atoms with van der Waals surface area (Å²) in [7, 11) is 0. The largest absolute Gasteiger partial charge is 0.456 e. The van der Waals surface area contributed by atoms with Crippen molar-refractivity contribution in [2.24, 2.45) is 11.8 Å². The Labute approximate surface area is 444 Å². The summed E-state index contributed by atoms with van der Waals surface area (Å²) < 4.78 is 4.69. The summed E-state index contributed by atoms with van der Waals surface area (Å²) in [6.07, 6.45) is 4.27. The van der Waals surface area contributed by atoms with E-state index in [9.17, 15) is 24.0 Å². The average molecular weight is 1030 g/mol. The zero-order valence-electron chi connectivity index (χ0n) is 42.6. The summed E-state index contributed by atoms with van der Waals surface area (Å²) in [5.41, 5.74) is 6.15. The molecule has 74 heavy (non-hydrogen) atoms. The van der Waals surface area contributed by atoms with E-state index >= 15 is 0 Å². The van der Waals surface area contributed by atoms with Crippen molar-refractivity contribution in [3.05, 3.63) is 239 Å². The molecule has 6 aromatic carbocycles. The third-order valence-electron chi connectivity index (χ3n) is 13.1. The van der Waals surface area contributed by atoms with Crippen LogP contribution in [0.5, 0.6) is 0 Å². The Morgan fingerprint density at radius 3 is 1.34 bits per heavy atom. The molecule has 1 aliphatic rings. The molecule has 7 rings (SSSR count). The van der Waals surface area contributed by atoms with Gasteiger partial charge in [-0.25, -0.2) is 4.79 Å². The number of nitrogens with one attached hydrogen (secondary N) is 4. The first-order valence-electron chi connectivity index (χ1n) is 25.2. The van der Waals surface area contributed by atoms with Gasteiger partial charge in [-0.3, -0.25) is 19.2 Å². The molecule has 12 heteroatoms. The number of carbonyl (C=O) groups excluding carboxylic acids is 5. The number of thioether (sulfide) groups is 2. The Balaban J connectivity index is 1.18. The first kappa shape index (κ1) is 54.6. The number of esters is 1. The highest BCUT2D eigenvalue weighted by Gasteiger charge is 2.41. The van der Waals surface area contributed by atoms with Crippen LogP contribution in [-0.4, -0.2) is 65.3 Å². The highest BCUT2D eigenvalue weighted by Crippen LogP contribution is 2.50. The fourth-order valence-corrected chi connectivity index (χ4v) is 12.3. The van der Waals surface area contributed by atoms with Crippen LogP contribution >= 0.6 is 23.5 Å². The molecule has 0 bridgehead atoms. The molecular weight excluding hydrogens is 961 g/mol. The number of cyclic esters (lactones) is 1. The molecule has 4 N–H and O–H groups in total. The minimum atomic E-state index is -1.21. The summed E-state index contributed by atoms with van der Waals surface area (Å²) in [6.45, 7) is 8.78. The molecule has 1 saturated heterocycles. The monoisotopic (exact) mass is 1030 g/mol. The van der Waals surface area contributed by atoms with E-state index in [1.807, 2.05) is 129 Å². The summed E-state index contributed by atoms with van der Waals surface area (Å²) in [6, 6.07) is 57.7. The molecular formula is C62H66N4O6S2. The molecule has 0 aromatic heterocycles. The van der Waals surface area contributed by atoms with Crippen molar-refractivity contribution in [1.82, 2.24) is 21.3 Å². The van der Waals surface area contributed by atoms with Gasteiger partial charge in [-0.1, -0.05) is 222 Å². The molecule has 1 aliphatic heterocycles. The van der Waals surface area contributed by atoms with Crippen molar-refractivity contribution in [3.63, 3.8) is 0 Å². The maximum Gasteiger partial charge on any atom is 0.329 e. The van der Waals surface area contributed by atoms with Crippen LogP contribution in [0.3, 0.4) is 0 Å². The van der Waals surface area contributed by atoms with Gasteiger partial charge in [0.2, 0.25) is 17.7 Å². The zero-order valence-corrected chi connectivity index (χ0v) is 44.2. The minimum absolute atomic E-state index is 0.0445. The van der Waals surface area contributed by atoms with E-state index in [-0.39, 0.29) is 17.9 Å². The number of hydrogen-bond acceptors (Lipinski definition) is 8. The summed E-state index contributed by atoms with van der Waals surface area (Å²) >= 11 is 3.26. The van der Waals surface area contributed by atoms with Crippen LogP contribution in [-0.2, 0) is 38.2 Å². The second kappa shape index (κ2) is 26.2. The second-order valence-corrected chi connectivity index (χ2v) is 21.4. The number of hydrogen-bond donors (Lipinski definition) is 4. The standard InChI is InChI=1S/C62H66N4O6S2/c1-6-52-57(68)66-56(44(4)5)60(71)72-51(39-25-26-40-73-61(45-27-13-7-14-28-45,46-29-15-8-16-30-46)47-31-17-9-18-32-47)41-54(67)65-55(43(2)3)59(70)64-53(58(69)63-52)42-74-62(48-33-19-10-20-34-48,49-35-21-11-22-36-49)50-37-23-12-24-38-50/h6-25,27-39,43-44,51,53,55-56H,26,40-42H2,1-5H3,(H,63,69)(H,64,70)(H,65,67)(H,66,68)/b39-25+,52-6-/t51?,53-,55?,56?/m1/s1. The van der Waals surface area contributed by atoms with Gasteiger partial charge in [0.15, 0.2) is 0 Å². The van der Waals surface area contributed by atoms with E-state index in [0.717, 1.165) is 33.4 Å². The Bertz CT molecular complexity index is 2660. The summed E-state index contributed by atoms with van der Waals surface area (Å²) in [5.74, 6) is -3.39. The minimum Gasteiger partial charge on any atom is -0.456 e. The van der Waals surface area contributed by atoms with Crippen molar-refractivity contribution < 1.29 is 28.7 Å². The van der Waals surface area contributed by atoms with E-state index in [1.165, 1.54) is 17.8 Å². The van der Waals surface area contributed by atoms with E-state index in [0.29, 0.717) is 12.2 Å². The van der Waals surface area contributed by atoms with Crippen LogP contribution in [0.15, 0.2) is 206 Å². The van der Waals surface area contributed by atoms with Crippen molar-refractivity contribution >= 4 is 53.1 Å². The Kier molecular flexibility index (Phi) is 19.3. The zero-order chi connectivity index (χ0) is 52.5. The van der Waals surface area contributed by atoms with Gasteiger partial charge in [-0.15, -0.1) is 23.5 Å². The van der Waals surface area contributed by atoms with Crippen molar-refractivity contribution in [2.75, 3.05) is 11.5 Å². The van der Waals surface area contributed by atoms with E-state index < -0.39 is 75.2 Å². The summed E-state index contributed by atoms with van der Waals surface area (Å²) in [5, 5.41) is 11.5. The van der Waals surface area contributed by atoms with Crippen LogP contribution in [0, 0.1) is 11.8 Å². The van der Waals surface area contributed by atoms with Gasteiger partial charge in [-0.2, -0.15) is 0 Å². The van der Waals surface area contributed by atoms with Crippen LogP contribution in [0.4, 0.5) is 0 Å². The van der Waals surface area contributed by atoms with E-state index in [1.54, 1.807) is 38.6 Å². The molecule has 10 nitrogen and oxygen atoms in total. The highest BCUT2D eigenvalue weighted by molar-refractivity contribution is 8.00. The van der Waals surface area contributed by atoms with Gasteiger partial charge >= 0.3 is 5.97 Å². The predicted molar refractivity (Wildman–Crippen MR) is 299 cm³/mol. The molecule has 6 aromatic rings. The number of benzene rings is 6. The molecule has 4 amide bonds. The summed E-state index contributed by atoms with van der Waals surface area (Å²) in [4.78, 5) is 71.7. The van der Waals surface area contributed by atoms with Crippen molar-refractivity contribution in [1.29, 1.82) is 0 Å². The van der Waals surface area contributed by atoms with Gasteiger partial charge < -0.3 is 26.0 Å². The normalized spacial score (nSPS) is 19.2. The molecule has 382 valence electrons. The number of amides is 4. The van der Waals surface area contributed by atoms with Crippen LogP contribution in [0.1, 0.15) is 80.8 Å². The van der Waals surface area contributed by atoms with E-state index in [4.69, 9.17) is 4.74 Å². The van der Waals surface area contributed by atoms with E-state index in [2.05, 4.69) is 94.1 Å². The Morgan fingerprint density at radius 2 is 0.946 bits per heavy atom. The predicted octanol–water partition coefficient (Wildman–Crippen LogP) is 10.5. The first-order valence-corrected chi connectivity index (χ1v) is 27.2. The van der Waals surface area contributed by atoms with Crippen molar-refractivity contribution in [3.8, 4) is 0 Å². The highest BCUT2D eigenvalue weighted by atomic mass is 32.2. The first-order chi connectivity index (χ1) is 35.9. The second-order valence-electron chi connectivity index (χ2n) is 18.9. The van der Waals surface area contributed by atoms with Gasteiger partial charge in [0.25, 0.3) is 5.91 Å². The molecule has 1 fully saturated rings. The average Bonchev–Trinajstić information content (AvgIpc) is 3.43. The SMILES string of the molecule is C/C=C1\NC(=O)[C@@H](CSC(c2ccccc2)(c2ccccc2)c2ccccc2)NC(=O)C(C(C)C)NC(=O)CC(/C=C/CCSC(c2ccccc2)(c2ccccc2)c2ccccc2)OC(=O)C(C(C)C)NC1=O.